The summed E-state index contributed by atoms with van der Waals surface area (Å²) in [5.74, 6) is 0. The lowest BCUT2D eigenvalue weighted by Gasteiger charge is -2.32. The van der Waals surface area contributed by atoms with Gasteiger partial charge in [-0.15, -0.1) is 0 Å². The van der Waals surface area contributed by atoms with Crippen molar-refractivity contribution in [2.75, 3.05) is 32.7 Å². The van der Waals surface area contributed by atoms with Crippen LogP contribution in [0.5, 0.6) is 0 Å². The first-order chi connectivity index (χ1) is 7.54. The highest BCUT2D eigenvalue weighted by atomic mass is 15.1. The molecule has 16 heavy (non-hydrogen) atoms. The van der Waals surface area contributed by atoms with Crippen LogP contribution < -0.4 is 5.32 Å². The van der Waals surface area contributed by atoms with Crippen LogP contribution in [0.25, 0.3) is 0 Å². The summed E-state index contributed by atoms with van der Waals surface area (Å²) < 4.78 is 0. The van der Waals surface area contributed by atoms with Gasteiger partial charge in [-0.2, -0.15) is 0 Å². The van der Waals surface area contributed by atoms with E-state index in [0.29, 0.717) is 5.41 Å². The first-order valence-electron chi connectivity index (χ1n) is 6.66. The lowest BCUT2D eigenvalue weighted by atomic mass is 9.83. The van der Waals surface area contributed by atoms with E-state index in [1.165, 1.54) is 25.9 Å². The van der Waals surface area contributed by atoms with Crippen LogP contribution in [-0.2, 0) is 0 Å². The molecular formula is C14H28N2. The Hall–Kier alpha value is -0.340. The molecule has 1 aliphatic rings. The van der Waals surface area contributed by atoms with Crippen LogP contribution in [0, 0.1) is 5.41 Å². The largest absolute Gasteiger partial charge is 0.317 e. The number of hydrogen-bond acceptors (Lipinski definition) is 2. The minimum atomic E-state index is 0.371. The Bertz CT molecular complexity index is 225. The van der Waals surface area contributed by atoms with E-state index in [9.17, 15) is 0 Å². The molecule has 1 heterocycles. The first kappa shape index (κ1) is 13.7. The van der Waals surface area contributed by atoms with Gasteiger partial charge in [0.05, 0.1) is 0 Å². The summed E-state index contributed by atoms with van der Waals surface area (Å²) in [5, 5.41) is 3.38. The summed E-state index contributed by atoms with van der Waals surface area (Å²) in [7, 11) is 0. The number of nitrogens with one attached hydrogen (secondary N) is 1. The Kier molecular flexibility index (Phi) is 5.50. The maximum atomic E-state index is 3.38. The van der Waals surface area contributed by atoms with Gasteiger partial charge in [0.1, 0.15) is 0 Å². The highest BCUT2D eigenvalue weighted by Crippen LogP contribution is 2.29. The number of nitrogens with zero attached hydrogens (tertiary/aromatic N) is 1. The van der Waals surface area contributed by atoms with Crippen LogP contribution in [0.1, 0.15) is 40.5 Å². The summed E-state index contributed by atoms with van der Waals surface area (Å²) in [4.78, 5) is 2.56. The molecule has 0 atom stereocenters. The van der Waals surface area contributed by atoms with Crippen molar-refractivity contribution in [1.82, 2.24) is 10.2 Å². The second kappa shape index (κ2) is 6.41. The van der Waals surface area contributed by atoms with Crippen LogP contribution >= 0.6 is 0 Å². The SMILES string of the molecule is CCNCCCN1CC=C(C(C)(C)C)CC1. The van der Waals surface area contributed by atoms with E-state index in [-0.39, 0.29) is 0 Å². The Morgan fingerprint density at radius 1 is 1.38 bits per heavy atom. The third-order valence-corrected chi connectivity index (χ3v) is 3.33. The zero-order chi connectivity index (χ0) is 12.0. The van der Waals surface area contributed by atoms with E-state index < -0.39 is 0 Å². The molecule has 1 aliphatic heterocycles. The van der Waals surface area contributed by atoms with E-state index in [4.69, 9.17) is 0 Å². The van der Waals surface area contributed by atoms with E-state index >= 15 is 0 Å². The van der Waals surface area contributed by atoms with Crippen LogP contribution in [0.4, 0.5) is 0 Å². The molecule has 0 amide bonds. The van der Waals surface area contributed by atoms with Gasteiger partial charge < -0.3 is 5.32 Å². The molecule has 0 fully saturated rings. The van der Waals surface area contributed by atoms with Gasteiger partial charge in [-0.05, 0) is 37.9 Å². The molecule has 2 heteroatoms. The van der Waals surface area contributed by atoms with E-state index in [1.54, 1.807) is 5.57 Å². The zero-order valence-corrected chi connectivity index (χ0v) is 11.5. The molecule has 0 spiro atoms. The number of hydrogen-bond donors (Lipinski definition) is 1. The molecule has 0 aliphatic carbocycles. The van der Waals surface area contributed by atoms with E-state index in [0.717, 1.165) is 19.6 Å². The number of rotatable bonds is 5. The van der Waals surface area contributed by atoms with Crippen molar-refractivity contribution in [1.29, 1.82) is 0 Å². The van der Waals surface area contributed by atoms with E-state index in [1.807, 2.05) is 0 Å². The first-order valence-corrected chi connectivity index (χ1v) is 6.66. The molecule has 0 radical (unpaired) electrons. The fraction of sp³-hybridized carbons (Fsp3) is 0.857. The fourth-order valence-electron chi connectivity index (χ4n) is 2.20. The molecule has 0 bridgehead atoms. The summed E-state index contributed by atoms with van der Waals surface area (Å²) in [6.45, 7) is 15.0. The van der Waals surface area contributed by atoms with E-state index in [2.05, 4.69) is 44.0 Å². The highest BCUT2D eigenvalue weighted by molar-refractivity contribution is 5.14. The summed E-state index contributed by atoms with van der Waals surface area (Å²) >= 11 is 0. The maximum absolute atomic E-state index is 3.38. The standard InChI is InChI=1S/C14H28N2/c1-5-15-9-6-10-16-11-7-13(8-12-16)14(2,3)4/h7,15H,5-6,8-12H2,1-4H3. The molecular weight excluding hydrogens is 196 g/mol. The van der Waals surface area contributed by atoms with Gasteiger partial charge in [-0.1, -0.05) is 39.3 Å². The maximum Gasteiger partial charge on any atom is 0.0166 e. The second-order valence-electron chi connectivity index (χ2n) is 5.74. The van der Waals surface area contributed by atoms with Gasteiger partial charge in [0, 0.05) is 13.1 Å². The highest BCUT2D eigenvalue weighted by Gasteiger charge is 2.20. The van der Waals surface area contributed by atoms with Crippen molar-refractivity contribution >= 4 is 0 Å². The molecule has 0 unspecified atom stereocenters. The van der Waals surface area contributed by atoms with Crippen molar-refractivity contribution < 1.29 is 0 Å². The van der Waals surface area contributed by atoms with Crippen LogP contribution in [-0.4, -0.2) is 37.6 Å². The third-order valence-electron chi connectivity index (χ3n) is 3.33. The lowest BCUT2D eigenvalue weighted by molar-refractivity contribution is 0.275. The lowest BCUT2D eigenvalue weighted by Crippen LogP contribution is -2.33. The molecule has 1 N–H and O–H groups in total. The predicted octanol–water partition coefficient (Wildman–Crippen LogP) is 2.66. The van der Waals surface area contributed by atoms with Crippen LogP contribution in [0.3, 0.4) is 0 Å². The Morgan fingerprint density at radius 3 is 2.62 bits per heavy atom. The summed E-state index contributed by atoms with van der Waals surface area (Å²) in [5.41, 5.74) is 2.01. The molecule has 0 aromatic heterocycles. The van der Waals surface area contributed by atoms with Crippen molar-refractivity contribution in [2.45, 2.75) is 40.5 Å². The van der Waals surface area contributed by atoms with Crippen LogP contribution in [0.2, 0.25) is 0 Å². The predicted molar refractivity (Wildman–Crippen MR) is 71.8 cm³/mol. The van der Waals surface area contributed by atoms with Crippen molar-refractivity contribution in [3.63, 3.8) is 0 Å². The Morgan fingerprint density at radius 2 is 2.12 bits per heavy atom. The molecule has 0 saturated carbocycles. The molecule has 94 valence electrons. The van der Waals surface area contributed by atoms with Gasteiger partial charge in [-0.3, -0.25) is 4.90 Å². The van der Waals surface area contributed by atoms with Gasteiger partial charge in [0.2, 0.25) is 0 Å². The molecule has 0 aromatic rings. The Labute approximate surface area is 101 Å². The average Bonchev–Trinajstić information content (AvgIpc) is 2.24. The fourth-order valence-corrected chi connectivity index (χ4v) is 2.20. The third kappa shape index (κ3) is 4.67. The normalized spacial score (nSPS) is 18.6. The zero-order valence-electron chi connectivity index (χ0n) is 11.5. The van der Waals surface area contributed by atoms with Gasteiger partial charge >= 0.3 is 0 Å². The smallest absolute Gasteiger partial charge is 0.0166 e. The van der Waals surface area contributed by atoms with Gasteiger partial charge in [0.25, 0.3) is 0 Å². The molecule has 2 nitrogen and oxygen atoms in total. The summed E-state index contributed by atoms with van der Waals surface area (Å²) in [6, 6.07) is 0. The topological polar surface area (TPSA) is 15.3 Å². The molecule has 1 rings (SSSR count). The quantitative estimate of drug-likeness (QED) is 0.570. The second-order valence-corrected chi connectivity index (χ2v) is 5.74. The summed E-state index contributed by atoms with van der Waals surface area (Å²) in [6.07, 6.45) is 4.97. The monoisotopic (exact) mass is 224 g/mol. The van der Waals surface area contributed by atoms with Gasteiger partial charge in [-0.25, -0.2) is 0 Å². The van der Waals surface area contributed by atoms with Crippen molar-refractivity contribution in [3.8, 4) is 0 Å². The molecule has 0 saturated heterocycles. The van der Waals surface area contributed by atoms with Crippen LogP contribution in [0.15, 0.2) is 11.6 Å². The van der Waals surface area contributed by atoms with Crippen molar-refractivity contribution in [3.05, 3.63) is 11.6 Å². The average molecular weight is 224 g/mol. The van der Waals surface area contributed by atoms with Gasteiger partial charge in [0.15, 0.2) is 0 Å². The Balaban J connectivity index is 2.23. The minimum absolute atomic E-state index is 0.371. The molecule has 0 aromatic carbocycles. The van der Waals surface area contributed by atoms with Crippen molar-refractivity contribution in [2.24, 2.45) is 5.41 Å². The minimum Gasteiger partial charge on any atom is -0.317 e.